The van der Waals surface area contributed by atoms with Crippen molar-refractivity contribution in [2.75, 3.05) is 20.2 Å². The summed E-state index contributed by atoms with van der Waals surface area (Å²) < 4.78 is 4.90. The van der Waals surface area contributed by atoms with Crippen molar-refractivity contribution in [3.63, 3.8) is 0 Å². The van der Waals surface area contributed by atoms with Crippen molar-refractivity contribution >= 4 is 22.9 Å². The molecule has 1 aromatic heterocycles. The van der Waals surface area contributed by atoms with Gasteiger partial charge in [-0.15, -0.1) is 0 Å². The first-order valence-electron chi connectivity index (χ1n) is 7.31. The summed E-state index contributed by atoms with van der Waals surface area (Å²) in [5.74, 6) is -0.597. The Morgan fingerprint density at radius 1 is 1.41 bits per heavy atom. The number of pyridine rings is 1. The van der Waals surface area contributed by atoms with Crippen LogP contribution in [0.2, 0.25) is 0 Å². The predicted molar refractivity (Wildman–Crippen MR) is 88.1 cm³/mol. The zero-order valence-corrected chi connectivity index (χ0v) is 12.8. The third-order valence-electron chi connectivity index (χ3n) is 3.27. The molecule has 22 heavy (non-hydrogen) atoms. The Morgan fingerprint density at radius 3 is 2.95 bits per heavy atom. The molecule has 5 heteroatoms. The van der Waals surface area contributed by atoms with Crippen LogP contribution in [0, 0.1) is 0 Å². The van der Waals surface area contributed by atoms with E-state index in [1.165, 1.54) is 6.20 Å². The van der Waals surface area contributed by atoms with Crippen LogP contribution >= 0.6 is 0 Å². The second kappa shape index (κ2) is 7.56. The van der Waals surface area contributed by atoms with Gasteiger partial charge in [0.2, 0.25) is 5.43 Å². The Morgan fingerprint density at radius 2 is 2.23 bits per heavy atom. The fourth-order valence-electron chi connectivity index (χ4n) is 2.15. The van der Waals surface area contributed by atoms with Gasteiger partial charge in [0.15, 0.2) is 0 Å². The summed E-state index contributed by atoms with van der Waals surface area (Å²) in [5, 5.41) is 3.55. The third kappa shape index (κ3) is 3.62. The Hall–Kier alpha value is -2.40. The number of rotatable bonds is 6. The molecule has 0 aliphatic heterocycles. The minimum absolute atomic E-state index is 0.0330. The normalized spacial score (nSPS) is 11.2. The minimum Gasteiger partial charge on any atom is -0.462 e. The molecule has 116 valence electrons. The monoisotopic (exact) mass is 300 g/mol. The number of ether oxygens (including phenoxy) is 1. The summed E-state index contributed by atoms with van der Waals surface area (Å²) >= 11 is 0. The highest BCUT2D eigenvalue weighted by molar-refractivity contribution is 5.93. The fourth-order valence-corrected chi connectivity index (χ4v) is 2.15. The number of nitrogens with one attached hydrogen (secondary N) is 2. The van der Waals surface area contributed by atoms with Crippen LogP contribution in [0.1, 0.15) is 29.3 Å². The highest BCUT2D eigenvalue weighted by Crippen LogP contribution is 2.13. The van der Waals surface area contributed by atoms with Crippen molar-refractivity contribution < 1.29 is 9.53 Å². The van der Waals surface area contributed by atoms with E-state index in [1.54, 1.807) is 13.0 Å². The molecule has 2 aromatic rings. The van der Waals surface area contributed by atoms with E-state index in [0.717, 1.165) is 18.5 Å². The van der Waals surface area contributed by atoms with Gasteiger partial charge in [-0.2, -0.15) is 0 Å². The molecular weight excluding hydrogens is 280 g/mol. The van der Waals surface area contributed by atoms with E-state index in [-0.39, 0.29) is 17.6 Å². The van der Waals surface area contributed by atoms with Crippen LogP contribution in [0.3, 0.4) is 0 Å². The lowest BCUT2D eigenvalue weighted by Gasteiger charge is -2.04. The largest absolute Gasteiger partial charge is 0.462 e. The average molecular weight is 300 g/mol. The molecule has 5 nitrogen and oxygen atoms in total. The number of carbonyl (C=O) groups excluding carboxylic acids is 1. The van der Waals surface area contributed by atoms with Gasteiger partial charge in [-0.05, 0) is 44.6 Å². The highest BCUT2D eigenvalue weighted by Gasteiger charge is 2.13. The van der Waals surface area contributed by atoms with E-state index in [2.05, 4.69) is 10.3 Å². The molecule has 0 saturated heterocycles. The number of esters is 1. The molecule has 0 unspecified atom stereocenters. The molecule has 0 spiro atoms. The van der Waals surface area contributed by atoms with Crippen LogP contribution in [0.25, 0.3) is 17.0 Å². The maximum absolute atomic E-state index is 12.4. The summed E-state index contributed by atoms with van der Waals surface area (Å²) in [6.45, 7) is 2.85. The SMILES string of the molecule is CCOC(=O)c1c[nH]c2ccc(C=CCCNC)cc2c1=O. The summed E-state index contributed by atoms with van der Waals surface area (Å²) in [6.07, 6.45) is 6.33. The van der Waals surface area contributed by atoms with E-state index in [9.17, 15) is 9.59 Å². The molecule has 0 bridgehead atoms. The number of benzene rings is 1. The van der Waals surface area contributed by atoms with Crippen molar-refractivity contribution in [3.05, 3.63) is 51.8 Å². The van der Waals surface area contributed by atoms with Crippen molar-refractivity contribution in [2.24, 2.45) is 0 Å². The van der Waals surface area contributed by atoms with Gasteiger partial charge in [0, 0.05) is 17.1 Å². The number of hydrogen-bond donors (Lipinski definition) is 2. The molecule has 0 saturated carbocycles. The van der Waals surface area contributed by atoms with Gasteiger partial charge in [-0.25, -0.2) is 4.79 Å². The number of fused-ring (bicyclic) bond motifs is 1. The molecule has 1 aromatic carbocycles. The topological polar surface area (TPSA) is 71.2 Å². The Kier molecular flexibility index (Phi) is 5.49. The van der Waals surface area contributed by atoms with Gasteiger partial charge in [0.05, 0.1) is 6.61 Å². The van der Waals surface area contributed by atoms with Crippen LogP contribution in [0.5, 0.6) is 0 Å². The third-order valence-corrected chi connectivity index (χ3v) is 3.27. The fraction of sp³-hybridized carbons (Fsp3) is 0.294. The van der Waals surface area contributed by atoms with Crippen molar-refractivity contribution in [2.45, 2.75) is 13.3 Å². The zero-order valence-electron chi connectivity index (χ0n) is 12.8. The van der Waals surface area contributed by atoms with E-state index in [0.29, 0.717) is 10.9 Å². The smallest absolute Gasteiger partial charge is 0.343 e. The van der Waals surface area contributed by atoms with Gasteiger partial charge in [0.1, 0.15) is 5.56 Å². The van der Waals surface area contributed by atoms with Gasteiger partial charge in [0.25, 0.3) is 0 Å². The molecule has 2 N–H and O–H groups in total. The number of hydrogen-bond acceptors (Lipinski definition) is 4. The molecular formula is C17H20N2O3. The maximum atomic E-state index is 12.4. The molecule has 0 fully saturated rings. The first-order chi connectivity index (χ1) is 10.7. The number of H-pyrrole nitrogens is 1. The van der Waals surface area contributed by atoms with Crippen LogP contribution < -0.4 is 10.7 Å². The van der Waals surface area contributed by atoms with Crippen molar-refractivity contribution in [1.82, 2.24) is 10.3 Å². The maximum Gasteiger partial charge on any atom is 0.343 e. The summed E-state index contributed by atoms with van der Waals surface area (Å²) in [5.41, 5.74) is 1.35. The standard InChI is InChI=1S/C17H20N2O3/c1-3-22-17(21)14-11-19-15-8-7-12(6-4-5-9-18-2)10-13(15)16(14)20/h4,6-8,10-11,18H,3,5,9H2,1-2H3,(H,19,20). The summed E-state index contributed by atoms with van der Waals surface area (Å²) in [7, 11) is 1.90. The average Bonchev–Trinajstić information content (AvgIpc) is 2.52. The van der Waals surface area contributed by atoms with Gasteiger partial charge in [-0.3, -0.25) is 4.79 Å². The van der Waals surface area contributed by atoms with Crippen LogP contribution in [-0.4, -0.2) is 31.2 Å². The lowest BCUT2D eigenvalue weighted by Crippen LogP contribution is -2.18. The Balaban J connectivity index is 2.38. The van der Waals surface area contributed by atoms with E-state index in [4.69, 9.17) is 4.74 Å². The molecule has 0 aliphatic carbocycles. The number of aromatic nitrogens is 1. The van der Waals surface area contributed by atoms with E-state index < -0.39 is 5.97 Å². The Labute approximate surface area is 129 Å². The van der Waals surface area contributed by atoms with Crippen LogP contribution in [0.4, 0.5) is 0 Å². The summed E-state index contributed by atoms with van der Waals surface area (Å²) in [6, 6.07) is 5.55. The molecule has 0 amide bonds. The Bertz CT molecular complexity index is 747. The van der Waals surface area contributed by atoms with E-state index in [1.807, 2.05) is 31.3 Å². The predicted octanol–water partition coefficient (Wildman–Crippen LogP) is 2.33. The van der Waals surface area contributed by atoms with Crippen LogP contribution in [-0.2, 0) is 4.74 Å². The quantitative estimate of drug-likeness (QED) is 0.634. The van der Waals surface area contributed by atoms with E-state index >= 15 is 0 Å². The zero-order chi connectivity index (χ0) is 15.9. The van der Waals surface area contributed by atoms with Gasteiger partial charge in [-0.1, -0.05) is 18.2 Å². The van der Waals surface area contributed by atoms with Crippen molar-refractivity contribution in [3.8, 4) is 0 Å². The number of carbonyl (C=O) groups is 1. The molecule has 2 rings (SSSR count). The second-order valence-electron chi connectivity index (χ2n) is 4.85. The van der Waals surface area contributed by atoms with Crippen LogP contribution in [0.15, 0.2) is 35.3 Å². The molecule has 0 aliphatic rings. The minimum atomic E-state index is -0.597. The first kappa shape index (κ1) is 16.0. The molecule has 0 atom stereocenters. The van der Waals surface area contributed by atoms with Gasteiger partial charge < -0.3 is 15.0 Å². The summed E-state index contributed by atoms with van der Waals surface area (Å²) in [4.78, 5) is 27.2. The lowest BCUT2D eigenvalue weighted by molar-refractivity contribution is 0.0524. The molecule has 1 heterocycles. The second-order valence-corrected chi connectivity index (χ2v) is 4.85. The molecule has 0 radical (unpaired) electrons. The highest BCUT2D eigenvalue weighted by atomic mass is 16.5. The first-order valence-corrected chi connectivity index (χ1v) is 7.31. The van der Waals surface area contributed by atoms with Gasteiger partial charge >= 0.3 is 5.97 Å². The lowest BCUT2D eigenvalue weighted by atomic mass is 10.1. The number of aromatic amines is 1. The van der Waals surface area contributed by atoms with Crippen molar-refractivity contribution in [1.29, 1.82) is 0 Å².